The van der Waals surface area contributed by atoms with Crippen LogP contribution in [0.5, 0.6) is 5.75 Å². The molecule has 1 amide bonds. The number of sulfonamides is 1. The fraction of sp³-hybridized carbons (Fsp3) is 0.296. The molecule has 0 fully saturated rings. The van der Waals surface area contributed by atoms with Crippen LogP contribution in [-0.2, 0) is 20.2 Å². The molecule has 1 N–H and O–H groups in total. The number of rotatable bonds is 5. The second-order valence-electron chi connectivity index (χ2n) is 9.53. The number of anilines is 1. The largest absolute Gasteiger partial charge is 0.476 e. The zero-order valence-electron chi connectivity index (χ0n) is 19.9. The van der Waals surface area contributed by atoms with Crippen molar-refractivity contribution in [2.24, 2.45) is 0 Å². The molecule has 0 saturated carbocycles. The number of carbonyl (C=O) groups is 1. The second-order valence-corrected chi connectivity index (χ2v) is 11.4. The molecule has 0 radical (unpaired) electrons. The molecule has 0 unspecified atom stereocenters. The SMILES string of the molecule is C[C@H](NC(=O)[C@@H]1CN(S(=O)(=O)c2ccccc2)c2cc(C(C)(C)C)ccc2O1)c1ccccc1. The van der Waals surface area contributed by atoms with E-state index in [9.17, 15) is 13.2 Å². The first-order chi connectivity index (χ1) is 16.1. The number of nitrogens with zero attached hydrogens (tertiary/aromatic N) is 1. The highest BCUT2D eigenvalue weighted by Gasteiger charge is 2.38. The fourth-order valence-electron chi connectivity index (χ4n) is 3.93. The zero-order chi connectivity index (χ0) is 24.5. The lowest BCUT2D eigenvalue weighted by atomic mass is 9.86. The summed E-state index contributed by atoms with van der Waals surface area (Å²) in [6, 6.07) is 23.1. The number of fused-ring (bicyclic) bond motifs is 1. The number of nitrogens with one attached hydrogen (secondary N) is 1. The highest BCUT2D eigenvalue weighted by atomic mass is 32.2. The Hall–Kier alpha value is -3.32. The molecular weight excluding hydrogens is 448 g/mol. The molecule has 3 aromatic rings. The molecule has 6 nitrogen and oxygen atoms in total. The fourth-order valence-corrected chi connectivity index (χ4v) is 5.42. The lowest BCUT2D eigenvalue weighted by Gasteiger charge is -2.36. The third kappa shape index (κ3) is 4.80. The van der Waals surface area contributed by atoms with E-state index in [0.717, 1.165) is 11.1 Å². The van der Waals surface area contributed by atoms with Gasteiger partial charge in [0, 0.05) is 0 Å². The van der Waals surface area contributed by atoms with Crippen molar-refractivity contribution in [3.05, 3.63) is 90.0 Å². The van der Waals surface area contributed by atoms with E-state index in [1.165, 1.54) is 4.31 Å². The third-order valence-electron chi connectivity index (χ3n) is 5.98. The van der Waals surface area contributed by atoms with Crippen LogP contribution in [0.2, 0.25) is 0 Å². The first-order valence-electron chi connectivity index (χ1n) is 11.3. The minimum atomic E-state index is -3.91. The molecule has 4 rings (SSSR count). The predicted octanol–water partition coefficient (Wildman–Crippen LogP) is 4.82. The Morgan fingerprint density at radius 1 is 1.00 bits per heavy atom. The van der Waals surface area contributed by atoms with Crippen LogP contribution in [0, 0.1) is 0 Å². The summed E-state index contributed by atoms with van der Waals surface area (Å²) in [5.74, 6) is 0.00133. The summed E-state index contributed by atoms with van der Waals surface area (Å²) in [5.41, 5.74) is 2.19. The van der Waals surface area contributed by atoms with Gasteiger partial charge in [-0.1, -0.05) is 75.4 Å². The standard InChI is InChI=1S/C27H30N2O4S/c1-19(20-11-7-5-8-12-20)28-26(30)25-18-29(34(31,32)22-13-9-6-10-14-22)23-17-21(27(2,3)4)15-16-24(23)33-25/h5-17,19,25H,18H2,1-4H3,(H,28,30)/t19-,25-/m0/s1. The maximum absolute atomic E-state index is 13.7. The Morgan fingerprint density at radius 3 is 2.24 bits per heavy atom. The van der Waals surface area contributed by atoms with Crippen molar-refractivity contribution >= 4 is 21.6 Å². The van der Waals surface area contributed by atoms with Crippen LogP contribution in [0.25, 0.3) is 0 Å². The number of benzene rings is 3. The Labute approximate surface area is 201 Å². The Morgan fingerprint density at radius 2 is 1.62 bits per heavy atom. The van der Waals surface area contributed by atoms with Crippen molar-refractivity contribution in [1.82, 2.24) is 5.32 Å². The maximum Gasteiger partial charge on any atom is 0.264 e. The van der Waals surface area contributed by atoms with Gasteiger partial charge in [0.15, 0.2) is 6.10 Å². The normalized spacial score (nSPS) is 16.8. The van der Waals surface area contributed by atoms with Crippen molar-refractivity contribution in [2.45, 2.75) is 50.2 Å². The third-order valence-corrected chi connectivity index (χ3v) is 7.77. The van der Waals surface area contributed by atoms with Crippen LogP contribution in [-0.4, -0.2) is 27.0 Å². The molecular formula is C27H30N2O4S. The number of ether oxygens (including phenoxy) is 1. The molecule has 7 heteroatoms. The van der Waals surface area contributed by atoms with Crippen LogP contribution in [0.15, 0.2) is 83.8 Å². The molecule has 1 aliphatic rings. The molecule has 0 aromatic heterocycles. The van der Waals surface area contributed by atoms with Gasteiger partial charge in [-0.05, 0) is 47.7 Å². The van der Waals surface area contributed by atoms with E-state index in [-0.39, 0.29) is 28.8 Å². The highest BCUT2D eigenvalue weighted by molar-refractivity contribution is 7.92. The van der Waals surface area contributed by atoms with E-state index in [0.29, 0.717) is 11.4 Å². The second kappa shape index (κ2) is 9.14. The van der Waals surface area contributed by atoms with Crippen LogP contribution in [0.1, 0.15) is 44.9 Å². The lowest BCUT2D eigenvalue weighted by molar-refractivity contribution is -0.128. The monoisotopic (exact) mass is 478 g/mol. The van der Waals surface area contributed by atoms with Crippen molar-refractivity contribution in [1.29, 1.82) is 0 Å². The molecule has 0 saturated heterocycles. The topological polar surface area (TPSA) is 75.7 Å². The van der Waals surface area contributed by atoms with Crippen molar-refractivity contribution in [2.75, 3.05) is 10.8 Å². The maximum atomic E-state index is 13.7. The smallest absolute Gasteiger partial charge is 0.264 e. The van der Waals surface area contributed by atoms with Crippen molar-refractivity contribution in [3.8, 4) is 5.75 Å². The molecule has 34 heavy (non-hydrogen) atoms. The van der Waals surface area contributed by atoms with Crippen LogP contribution >= 0.6 is 0 Å². The van der Waals surface area contributed by atoms with Crippen LogP contribution in [0.4, 0.5) is 5.69 Å². The van der Waals surface area contributed by atoms with Gasteiger partial charge in [-0.2, -0.15) is 0 Å². The summed E-state index contributed by atoms with van der Waals surface area (Å²) >= 11 is 0. The van der Waals surface area contributed by atoms with E-state index >= 15 is 0 Å². The molecule has 178 valence electrons. The van der Waals surface area contributed by atoms with Crippen molar-refractivity contribution in [3.63, 3.8) is 0 Å². The number of hydrogen-bond donors (Lipinski definition) is 1. The number of amides is 1. The van der Waals surface area contributed by atoms with E-state index < -0.39 is 16.1 Å². The number of hydrogen-bond acceptors (Lipinski definition) is 4. The van der Waals surface area contributed by atoms with Crippen molar-refractivity contribution < 1.29 is 17.9 Å². The minimum Gasteiger partial charge on any atom is -0.476 e. The summed E-state index contributed by atoms with van der Waals surface area (Å²) in [6.07, 6.45) is -0.988. The van der Waals surface area contributed by atoms with Gasteiger partial charge in [-0.3, -0.25) is 9.10 Å². The Bertz CT molecular complexity index is 1270. The lowest BCUT2D eigenvalue weighted by Crippen LogP contribution is -2.51. The van der Waals surface area contributed by atoms with Gasteiger partial charge < -0.3 is 10.1 Å². The summed E-state index contributed by atoms with van der Waals surface area (Å²) in [6.45, 7) is 7.96. The molecule has 0 spiro atoms. The first kappa shape index (κ1) is 23.8. The highest BCUT2D eigenvalue weighted by Crippen LogP contribution is 2.40. The summed E-state index contributed by atoms with van der Waals surface area (Å²) in [5, 5.41) is 2.96. The zero-order valence-corrected chi connectivity index (χ0v) is 20.7. The summed E-state index contributed by atoms with van der Waals surface area (Å²) < 4.78 is 34.7. The van der Waals surface area contributed by atoms with Gasteiger partial charge in [-0.15, -0.1) is 0 Å². The van der Waals surface area contributed by atoms with Crippen LogP contribution < -0.4 is 14.4 Å². The first-order valence-corrected chi connectivity index (χ1v) is 12.8. The Kier molecular flexibility index (Phi) is 6.41. The minimum absolute atomic E-state index is 0.120. The van der Waals surface area contributed by atoms with Gasteiger partial charge in [0.1, 0.15) is 5.75 Å². The van der Waals surface area contributed by atoms with Gasteiger partial charge in [0.2, 0.25) is 0 Å². The van der Waals surface area contributed by atoms with Gasteiger partial charge in [0.25, 0.3) is 15.9 Å². The molecule has 2 atom stereocenters. The van der Waals surface area contributed by atoms with E-state index in [2.05, 4.69) is 26.1 Å². The molecule has 0 bridgehead atoms. The average molecular weight is 479 g/mol. The Balaban J connectivity index is 1.70. The molecule has 3 aromatic carbocycles. The van der Waals surface area contributed by atoms with Gasteiger partial charge in [0.05, 0.1) is 23.2 Å². The molecule has 1 aliphatic heterocycles. The molecule has 0 aliphatic carbocycles. The predicted molar refractivity (Wildman–Crippen MR) is 134 cm³/mol. The van der Waals surface area contributed by atoms with Gasteiger partial charge in [-0.25, -0.2) is 8.42 Å². The van der Waals surface area contributed by atoms with E-state index in [4.69, 9.17) is 4.74 Å². The molecule has 1 heterocycles. The van der Waals surface area contributed by atoms with Crippen LogP contribution in [0.3, 0.4) is 0 Å². The average Bonchev–Trinajstić information content (AvgIpc) is 2.83. The van der Waals surface area contributed by atoms with E-state index in [1.807, 2.05) is 49.4 Å². The summed E-state index contributed by atoms with van der Waals surface area (Å²) in [4.78, 5) is 13.3. The van der Waals surface area contributed by atoms with Gasteiger partial charge >= 0.3 is 0 Å². The number of carbonyl (C=O) groups excluding carboxylic acids is 1. The van der Waals surface area contributed by atoms with E-state index in [1.54, 1.807) is 36.4 Å². The summed E-state index contributed by atoms with van der Waals surface area (Å²) in [7, 11) is -3.91. The quantitative estimate of drug-likeness (QED) is 0.571.